The molecule has 1 aromatic carbocycles. The highest BCUT2D eigenvalue weighted by molar-refractivity contribution is 6.30. The maximum Gasteiger partial charge on any atom is 0.259 e. The third-order valence-corrected chi connectivity index (χ3v) is 6.12. The van der Waals surface area contributed by atoms with Crippen LogP contribution in [0.25, 0.3) is 0 Å². The number of carbonyl (C=O) groups excluding carboxylic acids is 2. The lowest BCUT2D eigenvalue weighted by Gasteiger charge is -2.35. The predicted molar refractivity (Wildman–Crippen MR) is 116 cm³/mol. The number of nitrogens with zero attached hydrogens (tertiary/aromatic N) is 4. The first-order chi connectivity index (χ1) is 14.5. The molecule has 1 aromatic heterocycles. The van der Waals surface area contributed by atoms with Gasteiger partial charge < -0.3 is 10.2 Å². The van der Waals surface area contributed by atoms with Gasteiger partial charge in [-0.3, -0.25) is 14.5 Å². The quantitative estimate of drug-likeness (QED) is 0.793. The maximum atomic E-state index is 12.6. The molecule has 0 bridgehead atoms. The van der Waals surface area contributed by atoms with E-state index in [1.165, 1.54) is 0 Å². The number of hydrogen-bond donors (Lipinski definition) is 1. The van der Waals surface area contributed by atoms with Crippen LogP contribution in [0.15, 0.2) is 30.5 Å². The van der Waals surface area contributed by atoms with E-state index in [1.54, 1.807) is 30.5 Å². The predicted octanol–water partition coefficient (Wildman–Crippen LogP) is 3.10. The molecule has 0 atom stereocenters. The largest absolute Gasteiger partial charge is 0.341 e. The zero-order valence-corrected chi connectivity index (χ0v) is 17.9. The van der Waals surface area contributed by atoms with Crippen molar-refractivity contribution in [2.75, 3.05) is 38.0 Å². The van der Waals surface area contributed by atoms with Gasteiger partial charge in [0.15, 0.2) is 0 Å². The molecule has 2 fully saturated rings. The summed E-state index contributed by atoms with van der Waals surface area (Å²) in [5.41, 5.74) is 1.81. The lowest BCUT2D eigenvalue weighted by Crippen LogP contribution is -2.48. The van der Waals surface area contributed by atoms with Gasteiger partial charge in [0.2, 0.25) is 5.91 Å². The van der Waals surface area contributed by atoms with Gasteiger partial charge >= 0.3 is 0 Å². The van der Waals surface area contributed by atoms with Gasteiger partial charge in [-0.25, -0.2) is 9.97 Å². The van der Waals surface area contributed by atoms with Crippen molar-refractivity contribution in [2.24, 2.45) is 0 Å². The number of amides is 2. The number of halogens is 1. The Balaban J connectivity index is 1.33. The molecule has 0 saturated carbocycles. The van der Waals surface area contributed by atoms with E-state index in [-0.39, 0.29) is 17.7 Å². The fourth-order valence-corrected chi connectivity index (χ4v) is 3.97. The third kappa shape index (κ3) is 4.79. The first-order valence-electron chi connectivity index (χ1n) is 10.4. The molecule has 4 rings (SSSR count). The normalized spacial score (nSPS) is 17.5. The number of rotatable bonds is 5. The van der Waals surface area contributed by atoms with Crippen LogP contribution >= 0.6 is 11.6 Å². The van der Waals surface area contributed by atoms with Crippen molar-refractivity contribution in [1.82, 2.24) is 19.8 Å². The van der Waals surface area contributed by atoms with Crippen LogP contribution in [0.1, 0.15) is 47.1 Å². The van der Waals surface area contributed by atoms with Crippen molar-refractivity contribution in [3.05, 3.63) is 52.6 Å². The van der Waals surface area contributed by atoms with Crippen LogP contribution in [0.4, 0.5) is 5.69 Å². The number of nitrogens with one attached hydrogen (secondary N) is 1. The summed E-state index contributed by atoms with van der Waals surface area (Å²) in [5.74, 6) is 1.04. The van der Waals surface area contributed by atoms with E-state index in [4.69, 9.17) is 11.6 Å². The Bertz CT molecular complexity index is 922. The molecule has 158 valence electrons. The van der Waals surface area contributed by atoms with Crippen molar-refractivity contribution in [3.8, 4) is 0 Å². The number of benzene rings is 1. The van der Waals surface area contributed by atoms with Gasteiger partial charge in [0.1, 0.15) is 5.82 Å². The van der Waals surface area contributed by atoms with Crippen LogP contribution in [-0.2, 0) is 4.79 Å². The number of piperidine rings is 1. The molecule has 7 nitrogen and oxygen atoms in total. The molecule has 0 aliphatic carbocycles. The average molecular weight is 428 g/mol. The van der Waals surface area contributed by atoms with Crippen LogP contribution < -0.4 is 5.32 Å². The number of likely N-dealkylation sites (tertiary alicyclic amines) is 2. The molecule has 2 saturated heterocycles. The summed E-state index contributed by atoms with van der Waals surface area (Å²) in [4.78, 5) is 38.0. The Hall–Kier alpha value is -2.51. The number of anilines is 1. The molecule has 2 aliphatic rings. The van der Waals surface area contributed by atoms with Crippen LogP contribution in [0.5, 0.6) is 0 Å². The second-order valence-corrected chi connectivity index (χ2v) is 8.41. The summed E-state index contributed by atoms with van der Waals surface area (Å²) in [5, 5.41) is 3.47. The highest BCUT2D eigenvalue weighted by atomic mass is 35.5. The molecule has 8 heteroatoms. The summed E-state index contributed by atoms with van der Waals surface area (Å²) in [7, 11) is 0. The lowest BCUT2D eigenvalue weighted by atomic mass is 9.95. The van der Waals surface area contributed by atoms with Crippen LogP contribution in [0.3, 0.4) is 0 Å². The summed E-state index contributed by atoms with van der Waals surface area (Å²) in [6.45, 7) is 5.89. The van der Waals surface area contributed by atoms with Crippen LogP contribution in [-0.4, -0.2) is 64.3 Å². The van der Waals surface area contributed by atoms with Crippen molar-refractivity contribution in [2.45, 2.75) is 32.1 Å². The Morgan fingerprint density at radius 2 is 1.83 bits per heavy atom. The van der Waals surface area contributed by atoms with E-state index in [9.17, 15) is 9.59 Å². The van der Waals surface area contributed by atoms with E-state index >= 15 is 0 Å². The summed E-state index contributed by atoms with van der Waals surface area (Å²) >= 11 is 5.88. The minimum Gasteiger partial charge on any atom is -0.341 e. The molecule has 30 heavy (non-hydrogen) atoms. The first-order valence-corrected chi connectivity index (χ1v) is 10.8. The summed E-state index contributed by atoms with van der Waals surface area (Å²) in [6, 6.07) is 6.97. The van der Waals surface area contributed by atoms with E-state index in [0.717, 1.165) is 51.3 Å². The smallest absolute Gasteiger partial charge is 0.259 e. The summed E-state index contributed by atoms with van der Waals surface area (Å²) in [6.07, 6.45) is 4.58. The van der Waals surface area contributed by atoms with E-state index in [0.29, 0.717) is 28.5 Å². The van der Waals surface area contributed by atoms with Gasteiger partial charge in [0.25, 0.3) is 5.91 Å². The van der Waals surface area contributed by atoms with Gasteiger partial charge in [-0.2, -0.15) is 0 Å². The van der Waals surface area contributed by atoms with Crippen LogP contribution in [0, 0.1) is 6.92 Å². The van der Waals surface area contributed by atoms with Gasteiger partial charge in [-0.1, -0.05) is 11.6 Å². The minimum atomic E-state index is -0.235. The fraction of sp³-hybridized carbons (Fsp3) is 0.455. The summed E-state index contributed by atoms with van der Waals surface area (Å²) < 4.78 is 0. The van der Waals surface area contributed by atoms with Gasteiger partial charge in [0.05, 0.1) is 17.8 Å². The Morgan fingerprint density at radius 1 is 1.13 bits per heavy atom. The van der Waals surface area contributed by atoms with Crippen molar-refractivity contribution in [3.63, 3.8) is 0 Å². The molecule has 2 amide bonds. The Kier molecular flexibility index (Phi) is 6.29. The molecule has 0 radical (unpaired) electrons. The number of carbonyl (C=O) groups is 2. The SMILES string of the molecule is Cc1nc(C2CCN(CC(=O)N3CCC3)CC2)ncc1C(=O)Nc1ccc(Cl)cc1. The topological polar surface area (TPSA) is 78.4 Å². The highest BCUT2D eigenvalue weighted by Crippen LogP contribution is 2.26. The van der Waals surface area contributed by atoms with E-state index < -0.39 is 0 Å². The molecular weight excluding hydrogens is 402 g/mol. The number of aromatic nitrogens is 2. The van der Waals surface area contributed by atoms with Crippen molar-refractivity contribution in [1.29, 1.82) is 0 Å². The number of aryl methyl sites for hydroxylation is 1. The standard InChI is InChI=1S/C22H26ClN5O2/c1-15-19(22(30)26-18-5-3-17(23)4-6-18)13-24-21(25-15)16-7-11-27(12-8-16)14-20(29)28-9-2-10-28/h3-6,13,16H,2,7-12,14H2,1H3,(H,26,30). The monoisotopic (exact) mass is 427 g/mol. The molecule has 2 aromatic rings. The second kappa shape index (κ2) is 9.10. The van der Waals surface area contributed by atoms with Crippen molar-refractivity contribution >= 4 is 29.1 Å². The van der Waals surface area contributed by atoms with Crippen molar-refractivity contribution < 1.29 is 9.59 Å². The molecule has 0 unspecified atom stereocenters. The molecule has 3 heterocycles. The Morgan fingerprint density at radius 3 is 2.43 bits per heavy atom. The van der Waals surface area contributed by atoms with E-state index in [2.05, 4.69) is 20.2 Å². The maximum absolute atomic E-state index is 12.6. The first kappa shape index (κ1) is 20.8. The van der Waals surface area contributed by atoms with E-state index in [1.807, 2.05) is 11.8 Å². The van der Waals surface area contributed by atoms with Crippen LogP contribution in [0.2, 0.25) is 5.02 Å². The molecule has 0 spiro atoms. The zero-order chi connectivity index (χ0) is 21.1. The zero-order valence-electron chi connectivity index (χ0n) is 17.1. The second-order valence-electron chi connectivity index (χ2n) is 7.97. The highest BCUT2D eigenvalue weighted by Gasteiger charge is 2.27. The van der Waals surface area contributed by atoms with Gasteiger partial charge in [0, 0.05) is 35.9 Å². The minimum absolute atomic E-state index is 0.235. The molecule has 1 N–H and O–H groups in total. The number of hydrogen-bond acceptors (Lipinski definition) is 5. The Labute approximate surface area is 181 Å². The fourth-order valence-electron chi connectivity index (χ4n) is 3.84. The molecule has 2 aliphatic heterocycles. The molecular formula is C22H26ClN5O2. The third-order valence-electron chi connectivity index (χ3n) is 5.87. The average Bonchev–Trinajstić information content (AvgIpc) is 2.69. The van der Waals surface area contributed by atoms with Gasteiger partial charge in [-0.15, -0.1) is 0 Å². The van der Waals surface area contributed by atoms with Gasteiger partial charge in [-0.05, 0) is 63.5 Å². The lowest BCUT2D eigenvalue weighted by molar-refractivity contribution is -0.136.